The summed E-state index contributed by atoms with van der Waals surface area (Å²) in [5.41, 5.74) is 1.96. The fourth-order valence-electron chi connectivity index (χ4n) is 0.838. The van der Waals surface area contributed by atoms with Crippen LogP contribution in [0.15, 0.2) is 10.8 Å². The molecule has 56 valence electrons. The van der Waals surface area contributed by atoms with Gasteiger partial charge in [0.15, 0.2) is 0 Å². The number of alkyl halides is 1. The minimum absolute atomic E-state index is 0.435. The van der Waals surface area contributed by atoms with Gasteiger partial charge in [0.05, 0.1) is 5.88 Å². The van der Waals surface area contributed by atoms with Crippen molar-refractivity contribution >= 4 is 11.6 Å². The summed E-state index contributed by atoms with van der Waals surface area (Å²) in [6.45, 7) is 4.17. The summed E-state index contributed by atoms with van der Waals surface area (Å²) in [6.07, 6.45) is 1.66. The highest BCUT2D eigenvalue weighted by atomic mass is 35.5. The first kappa shape index (κ1) is 7.61. The van der Waals surface area contributed by atoms with Crippen LogP contribution in [-0.4, -0.2) is 5.16 Å². The molecule has 0 bridgehead atoms. The van der Waals surface area contributed by atoms with Crippen LogP contribution in [0, 0.1) is 0 Å². The lowest BCUT2D eigenvalue weighted by atomic mass is 10.1. The van der Waals surface area contributed by atoms with Gasteiger partial charge in [0, 0.05) is 5.56 Å². The molecular formula is C7H10ClNO. The van der Waals surface area contributed by atoms with Crippen LogP contribution in [0.2, 0.25) is 0 Å². The van der Waals surface area contributed by atoms with Crippen molar-refractivity contribution in [3.05, 3.63) is 17.5 Å². The summed E-state index contributed by atoms with van der Waals surface area (Å²) < 4.78 is 4.76. The summed E-state index contributed by atoms with van der Waals surface area (Å²) in [7, 11) is 0. The maximum absolute atomic E-state index is 5.59. The van der Waals surface area contributed by atoms with E-state index in [0.717, 1.165) is 11.3 Å². The molecule has 0 aliphatic rings. The second-order valence-corrected chi connectivity index (χ2v) is 2.77. The van der Waals surface area contributed by atoms with Crippen molar-refractivity contribution in [3.8, 4) is 0 Å². The van der Waals surface area contributed by atoms with Crippen LogP contribution >= 0.6 is 11.6 Å². The Kier molecular flexibility index (Phi) is 2.33. The third-order valence-electron chi connectivity index (χ3n) is 1.42. The Bertz CT molecular complexity index is 207. The quantitative estimate of drug-likeness (QED) is 0.620. The Morgan fingerprint density at radius 2 is 2.40 bits per heavy atom. The normalized spacial score (nSPS) is 10.8. The number of halogens is 1. The van der Waals surface area contributed by atoms with Gasteiger partial charge in [0.1, 0.15) is 12.0 Å². The zero-order valence-electron chi connectivity index (χ0n) is 6.10. The predicted molar refractivity (Wildman–Crippen MR) is 40.1 cm³/mol. The van der Waals surface area contributed by atoms with Crippen LogP contribution in [0.5, 0.6) is 0 Å². The maximum Gasteiger partial charge on any atom is 0.127 e. The molecule has 0 unspecified atom stereocenters. The van der Waals surface area contributed by atoms with Gasteiger partial charge in [0.25, 0.3) is 0 Å². The largest absolute Gasteiger partial charge is 0.364 e. The third-order valence-corrected chi connectivity index (χ3v) is 1.68. The molecular weight excluding hydrogens is 150 g/mol. The van der Waals surface area contributed by atoms with E-state index >= 15 is 0 Å². The van der Waals surface area contributed by atoms with Gasteiger partial charge in [-0.1, -0.05) is 19.0 Å². The topological polar surface area (TPSA) is 26.0 Å². The van der Waals surface area contributed by atoms with Gasteiger partial charge in [-0.15, -0.1) is 11.6 Å². The van der Waals surface area contributed by atoms with Crippen molar-refractivity contribution in [2.45, 2.75) is 25.6 Å². The van der Waals surface area contributed by atoms with Crippen LogP contribution in [0.25, 0.3) is 0 Å². The highest BCUT2D eigenvalue weighted by Crippen LogP contribution is 2.18. The van der Waals surface area contributed by atoms with Gasteiger partial charge in [-0.25, -0.2) is 0 Å². The van der Waals surface area contributed by atoms with Crippen molar-refractivity contribution in [2.24, 2.45) is 0 Å². The molecule has 3 heteroatoms. The van der Waals surface area contributed by atoms with E-state index in [9.17, 15) is 0 Å². The zero-order valence-corrected chi connectivity index (χ0v) is 6.85. The molecule has 2 nitrogen and oxygen atoms in total. The maximum atomic E-state index is 5.59. The van der Waals surface area contributed by atoms with Crippen LogP contribution < -0.4 is 0 Å². The predicted octanol–water partition coefficient (Wildman–Crippen LogP) is 2.54. The lowest BCUT2D eigenvalue weighted by Gasteiger charge is -1.99. The number of hydrogen-bond acceptors (Lipinski definition) is 2. The highest BCUT2D eigenvalue weighted by molar-refractivity contribution is 6.16. The first-order valence-electron chi connectivity index (χ1n) is 3.24. The van der Waals surface area contributed by atoms with Gasteiger partial charge >= 0.3 is 0 Å². The lowest BCUT2D eigenvalue weighted by molar-refractivity contribution is 0.413. The summed E-state index contributed by atoms with van der Waals surface area (Å²) in [4.78, 5) is 0. The molecule has 0 aromatic carbocycles. The minimum atomic E-state index is 0.435. The number of nitrogens with zero attached hydrogens (tertiary/aromatic N) is 1. The average Bonchev–Trinajstić information content (AvgIpc) is 2.33. The summed E-state index contributed by atoms with van der Waals surface area (Å²) in [6, 6.07) is 0. The molecule has 1 rings (SSSR count). The standard InChI is InChI=1S/C7H10ClNO/c1-5(2)6-4-10-9-7(6)3-8/h4-5H,3H2,1-2H3. The van der Waals surface area contributed by atoms with E-state index in [0.29, 0.717) is 11.8 Å². The fraction of sp³-hybridized carbons (Fsp3) is 0.571. The van der Waals surface area contributed by atoms with Crippen molar-refractivity contribution in [3.63, 3.8) is 0 Å². The van der Waals surface area contributed by atoms with Crippen molar-refractivity contribution in [2.75, 3.05) is 0 Å². The van der Waals surface area contributed by atoms with Gasteiger partial charge in [-0.2, -0.15) is 0 Å². The molecule has 0 saturated heterocycles. The van der Waals surface area contributed by atoms with Crippen LogP contribution in [0.3, 0.4) is 0 Å². The molecule has 0 spiro atoms. The fourth-order valence-corrected chi connectivity index (χ4v) is 1.04. The molecule has 0 atom stereocenters. The molecule has 1 aromatic rings. The Labute approximate surface area is 65.2 Å². The molecule has 0 aliphatic carbocycles. The monoisotopic (exact) mass is 159 g/mol. The molecule has 0 fully saturated rings. The Morgan fingerprint density at radius 1 is 1.70 bits per heavy atom. The second-order valence-electron chi connectivity index (χ2n) is 2.50. The van der Waals surface area contributed by atoms with Crippen molar-refractivity contribution in [1.82, 2.24) is 5.16 Å². The van der Waals surface area contributed by atoms with Gasteiger partial charge < -0.3 is 4.52 Å². The van der Waals surface area contributed by atoms with E-state index in [2.05, 4.69) is 19.0 Å². The van der Waals surface area contributed by atoms with Crippen LogP contribution in [0.1, 0.15) is 31.0 Å². The molecule has 1 aromatic heterocycles. The van der Waals surface area contributed by atoms with Crippen molar-refractivity contribution < 1.29 is 4.52 Å². The average molecular weight is 160 g/mol. The van der Waals surface area contributed by atoms with E-state index in [4.69, 9.17) is 16.1 Å². The molecule has 0 saturated carbocycles. The van der Waals surface area contributed by atoms with Gasteiger partial charge in [-0.05, 0) is 5.92 Å². The van der Waals surface area contributed by atoms with E-state index in [-0.39, 0.29) is 0 Å². The molecule has 0 amide bonds. The number of hydrogen-bond donors (Lipinski definition) is 0. The minimum Gasteiger partial charge on any atom is -0.364 e. The van der Waals surface area contributed by atoms with Gasteiger partial charge in [0.2, 0.25) is 0 Å². The molecule has 0 radical (unpaired) electrons. The summed E-state index contributed by atoms with van der Waals surface area (Å²) in [5.74, 6) is 0.879. The van der Waals surface area contributed by atoms with E-state index in [1.807, 2.05) is 0 Å². The molecule has 10 heavy (non-hydrogen) atoms. The second kappa shape index (κ2) is 3.06. The molecule has 1 heterocycles. The molecule has 0 N–H and O–H groups in total. The first-order chi connectivity index (χ1) is 4.75. The van der Waals surface area contributed by atoms with Crippen molar-refractivity contribution in [1.29, 1.82) is 0 Å². The first-order valence-corrected chi connectivity index (χ1v) is 3.78. The van der Waals surface area contributed by atoms with Crippen LogP contribution in [-0.2, 0) is 5.88 Å². The summed E-state index contributed by atoms with van der Waals surface area (Å²) in [5, 5.41) is 3.75. The Morgan fingerprint density at radius 3 is 2.80 bits per heavy atom. The Hall–Kier alpha value is -0.500. The SMILES string of the molecule is CC(C)c1conc1CCl. The smallest absolute Gasteiger partial charge is 0.127 e. The zero-order chi connectivity index (χ0) is 7.56. The van der Waals surface area contributed by atoms with Gasteiger partial charge in [-0.3, -0.25) is 0 Å². The van der Waals surface area contributed by atoms with E-state index in [1.54, 1.807) is 6.26 Å². The lowest BCUT2D eigenvalue weighted by Crippen LogP contribution is -1.89. The number of aromatic nitrogens is 1. The number of rotatable bonds is 2. The Balaban J connectivity index is 2.90. The summed E-state index contributed by atoms with van der Waals surface area (Å²) >= 11 is 5.59. The third kappa shape index (κ3) is 1.32. The highest BCUT2D eigenvalue weighted by Gasteiger charge is 2.08. The van der Waals surface area contributed by atoms with E-state index in [1.165, 1.54) is 0 Å². The molecule has 0 aliphatic heterocycles. The van der Waals surface area contributed by atoms with Crippen LogP contribution in [0.4, 0.5) is 0 Å². The van der Waals surface area contributed by atoms with E-state index < -0.39 is 0 Å².